The van der Waals surface area contributed by atoms with Gasteiger partial charge in [0.15, 0.2) is 5.76 Å². The zero-order valence-electron chi connectivity index (χ0n) is 12.7. The number of aromatic nitrogens is 4. The van der Waals surface area contributed by atoms with Gasteiger partial charge in [-0.3, -0.25) is 9.97 Å². The molecular formula is C16H17N5O. The Kier molecular flexibility index (Phi) is 3.82. The molecule has 1 N–H and O–H groups in total. The van der Waals surface area contributed by atoms with Gasteiger partial charge in [0.2, 0.25) is 5.95 Å². The fourth-order valence-corrected chi connectivity index (χ4v) is 2.08. The highest BCUT2D eigenvalue weighted by Gasteiger charge is 2.15. The molecule has 0 saturated heterocycles. The molecule has 0 atom stereocenters. The predicted molar refractivity (Wildman–Crippen MR) is 84.3 cm³/mol. The van der Waals surface area contributed by atoms with Crippen LogP contribution >= 0.6 is 0 Å². The van der Waals surface area contributed by atoms with Gasteiger partial charge in [-0.05, 0) is 32.9 Å². The largest absolute Gasteiger partial charge is 0.460 e. The highest BCUT2D eigenvalue weighted by molar-refractivity contribution is 5.76. The Balaban J connectivity index is 2.13. The number of furan rings is 1. The Labute approximate surface area is 128 Å². The summed E-state index contributed by atoms with van der Waals surface area (Å²) in [6.07, 6.45) is 6.71. The zero-order chi connectivity index (χ0) is 15.5. The molecule has 6 nitrogen and oxygen atoms in total. The second-order valence-corrected chi connectivity index (χ2v) is 5.26. The van der Waals surface area contributed by atoms with Crippen molar-refractivity contribution < 1.29 is 4.42 Å². The number of nitrogens with one attached hydrogen (secondary N) is 1. The Bertz CT molecular complexity index is 767. The van der Waals surface area contributed by atoms with Gasteiger partial charge in [0.05, 0.1) is 11.9 Å². The van der Waals surface area contributed by atoms with E-state index >= 15 is 0 Å². The molecule has 3 aromatic heterocycles. The molecule has 6 heteroatoms. The smallest absolute Gasteiger partial charge is 0.223 e. The molecule has 0 unspecified atom stereocenters. The van der Waals surface area contributed by atoms with Crippen molar-refractivity contribution in [3.63, 3.8) is 0 Å². The SMILES string of the molecule is Cc1ccc(-c2nc(NC(C)C)ncc2-c2cnccn2)o1. The molecule has 3 heterocycles. The second kappa shape index (κ2) is 5.93. The molecule has 0 saturated carbocycles. The van der Waals surface area contributed by atoms with Crippen LogP contribution in [0.1, 0.15) is 19.6 Å². The van der Waals surface area contributed by atoms with Crippen LogP contribution in [0.15, 0.2) is 41.3 Å². The number of aryl methyl sites for hydroxylation is 1. The summed E-state index contributed by atoms with van der Waals surface area (Å²) in [6.45, 7) is 5.98. The van der Waals surface area contributed by atoms with Crippen LogP contribution in [0.25, 0.3) is 22.7 Å². The van der Waals surface area contributed by atoms with Crippen LogP contribution < -0.4 is 5.32 Å². The van der Waals surface area contributed by atoms with Crippen molar-refractivity contribution in [3.05, 3.63) is 42.7 Å². The van der Waals surface area contributed by atoms with E-state index in [2.05, 4.69) is 25.3 Å². The van der Waals surface area contributed by atoms with Gasteiger partial charge in [-0.2, -0.15) is 0 Å². The summed E-state index contributed by atoms with van der Waals surface area (Å²) in [4.78, 5) is 17.4. The van der Waals surface area contributed by atoms with Gasteiger partial charge >= 0.3 is 0 Å². The number of hydrogen-bond donors (Lipinski definition) is 1. The van der Waals surface area contributed by atoms with Gasteiger partial charge in [-0.1, -0.05) is 0 Å². The van der Waals surface area contributed by atoms with Gasteiger partial charge in [0.25, 0.3) is 0 Å². The molecule has 0 aliphatic carbocycles. The Morgan fingerprint density at radius 2 is 1.95 bits per heavy atom. The molecule has 112 valence electrons. The van der Waals surface area contributed by atoms with E-state index in [1.807, 2.05) is 32.9 Å². The molecule has 0 aliphatic heterocycles. The first-order chi connectivity index (χ1) is 10.6. The van der Waals surface area contributed by atoms with Crippen LogP contribution in [-0.2, 0) is 0 Å². The van der Waals surface area contributed by atoms with Crippen LogP contribution in [0.2, 0.25) is 0 Å². The molecule has 22 heavy (non-hydrogen) atoms. The van der Waals surface area contributed by atoms with Crippen LogP contribution in [-0.4, -0.2) is 26.0 Å². The number of nitrogens with zero attached hydrogens (tertiary/aromatic N) is 4. The van der Waals surface area contributed by atoms with Crippen LogP contribution in [0.4, 0.5) is 5.95 Å². The van der Waals surface area contributed by atoms with Gasteiger partial charge < -0.3 is 9.73 Å². The average Bonchev–Trinajstić information content (AvgIpc) is 2.94. The highest BCUT2D eigenvalue weighted by Crippen LogP contribution is 2.30. The standard InChI is InChI=1S/C16H17N5O/c1-10(2)20-16-19-8-12(13-9-17-6-7-18-13)15(21-16)14-5-4-11(3)22-14/h4-10H,1-3H3,(H,19,20,21). The van der Waals surface area contributed by atoms with E-state index in [1.165, 1.54) is 0 Å². The van der Waals surface area contributed by atoms with Gasteiger partial charge in [0.1, 0.15) is 11.5 Å². The van der Waals surface area contributed by atoms with Crippen molar-refractivity contribution in [1.82, 2.24) is 19.9 Å². The lowest BCUT2D eigenvalue weighted by molar-refractivity contribution is 0.546. The lowest BCUT2D eigenvalue weighted by Crippen LogP contribution is -2.13. The maximum Gasteiger partial charge on any atom is 0.223 e. The minimum atomic E-state index is 0.244. The number of anilines is 1. The van der Waals surface area contributed by atoms with Crippen LogP contribution in [0.3, 0.4) is 0 Å². The molecule has 0 amide bonds. The Morgan fingerprint density at radius 1 is 1.09 bits per heavy atom. The minimum Gasteiger partial charge on any atom is -0.460 e. The summed E-state index contributed by atoms with van der Waals surface area (Å²) in [5.74, 6) is 2.08. The predicted octanol–water partition coefficient (Wildman–Crippen LogP) is 3.32. The fraction of sp³-hybridized carbons (Fsp3) is 0.250. The summed E-state index contributed by atoms with van der Waals surface area (Å²) in [7, 11) is 0. The Morgan fingerprint density at radius 3 is 2.59 bits per heavy atom. The van der Waals surface area contributed by atoms with Crippen molar-refractivity contribution >= 4 is 5.95 Å². The lowest BCUT2D eigenvalue weighted by atomic mass is 10.1. The molecule has 0 aromatic carbocycles. The van der Waals surface area contributed by atoms with E-state index in [-0.39, 0.29) is 6.04 Å². The fourth-order valence-electron chi connectivity index (χ4n) is 2.08. The first-order valence-corrected chi connectivity index (χ1v) is 7.10. The van der Waals surface area contributed by atoms with Gasteiger partial charge in [0, 0.05) is 30.2 Å². The first kappa shape index (κ1) is 14.2. The van der Waals surface area contributed by atoms with Crippen molar-refractivity contribution in [2.75, 3.05) is 5.32 Å². The maximum atomic E-state index is 5.73. The lowest BCUT2D eigenvalue weighted by Gasteiger charge is -2.11. The zero-order valence-corrected chi connectivity index (χ0v) is 12.7. The molecule has 0 fully saturated rings. The minimum absolute atomic E-state index is 0.244. The third-order valence-electron chi connectivity index (χ3n) is 3.02. The van der Waals surface area contributed by atoms with E-state index in [9.17, 15) is 0 Å². The van der Waals surface area contributed by atoms with Crippen molar-refractivity contribution in [1.29, 1.82) is 0 Å². The van der Waals surface area contributed by atoms with Crippen molar-refractivity contribution in [2.24, 2.45) is 0 Å². The van der Waals surface area contributed by atoms with Crippen molar-refractivity contribution in [3.8, 4) is 22.7 Å². The Hall–Kier alpha value is -2.76. The monoisotopic (exact) mass is 295 g/mol. The number of hydrogen-bond acceptors (Lipinski definition) is 6. The van der Waals surface area contributed by atoms with Gasteiger partial charge in [-0.15, -0.1) is 0 Å². The number of rotatable bonds is 4. The molecular weight excluding hydrogens is 278 g/mol. The summed E-state index contributed by atoms with van der Waals surface area (Å²) < 4.78 is 5.73. The average molecular weight is 295 g/mol. The quantitative estimate of drug-likeness (QED) is 0.795. The second-order valence-electron chi connectivity index (χ2n) is 5.26. The third kappa shape index (κ3) is 2.95. The maximum absolute atomic E-state index is 5.73. The summed E-state index contributed by atoms with van der Waals surface area (Å²) in [5, 5.41) is 3.20. The molecule has 0 bridgehead atoms. The van der Waals surface area contributed by atoms with Gasteiger partial charge in [-0.25, -0.2) is 9.97 Å². The van der Waals surface area contributed by atoms with Crippen LogP contribution in [0, 0.1) is 6.92 Å². The van der Waals surface area contributed by atoms with E-state index in [1.54, 1.807) is 24.8 Å². The van der Waals surface area contributed by atoms with E-state index in [4.69, 9.17) is 4.42 Å². The van der Waals surface area contributed by atoms with E-state index in [0.29, 0.717) is 23.1 Å². The molecule has 0 spiro atoms. The third-order valence-corrected chi connectivity index (χ3v) is 3.02. The normalized spacial score (nSPS) is 10.9. The molecule has 3 rings (SSSR count). The van der Waals surface area contributed by atoms with Crippen LogP contribution in [0.5, 0.6) is 0 Å². The first-order valence-electron chi connectivity index (χ1n) is 7.10. The molecule has 3 aromatic rings. The summed E-state index contributed by atoms with van der Waals surface area (Å²) >= 11 is 0. The van der Waals surface area contributed by atoms with E-state index < -0.39 is 0 Å². The highest BCUT2D eigenvalue weighted by atomic mass is 16.3. The summed E-state index contributed by atoms with van der Waals surface area (Å²) in [6, 6.07) is 4.05. The topological polar surface area (TPSA) is 76.7 Å². The summed E-state index contributed by atoms with van der Waals surface area (Å²) in [5.41, 5.74) is 2.20. The van der Waals surface area contributed by atoms with Crippen molar-refractivity contribution in [2.45, 2.75) is 26.8 Å². The van der Waals surface area contributed by atoms with E-state index in [0.717, 1.165) is 11.3 Å². The molecule has 0 radical (unpaired) electrons. The molecule has 0 aliphatic rings.